The number of benzene rings is 3. The number of ether oxygens (including phenoxy) is 2. The van der Waals surface area contributed by atoms with Crippen LogP contribution in [0.15, 0.2) is 72.8 Å². The molecule has 0 aliphatic rings. The molecule has 4 aromatic rings. The molecule has 1 unspecified atom stereocenters. The number of carbonyl (C=O) groups excluding carboxylic acids is 1. The topological polar surface area (TPSA) is 65.4 Å². The number of hydrogen-bond acceptors (Lipinski definition) is 4. The van der Waals surface area contributed by atoms with Gasteiger partial charge in [0.2, 0.25) is 0 Å². The molecule has 0 bridgehead atoms. The molecule has 158 valence electrons. The van der Waals surface area contributed by atoms with Gasteiger partial charge in [-0.3, -0.25) is 4.79 Å². The third kappa shape index (κ3) is 4.38. The first-order chi connectivity index (χ1) is 15.1. The highest BCUT2D eigenvalue weighted by molar-refractivity contribution is 5.94. The minimum absolute atomic E-state index is 0.172. The molecule has 0 saturated heterocycles. The summed E-state index contributed by atoms with van der Waals surface area (Å²) >= 11 is 0. The molecule has 0 fully saturated rings. The van der Waals surface area contributed by atoms with Crippen molar-refractivity contribution in [3.05, 3.63) is 89.7 Å². The lowest BCUT2D eigenvalue weighted by molar-refractivity contribution is 0.0937. The van der Waals surface area contributed by atoms with Gasteiger partial charge in [0, 0.05) is 12.1 Å². The number of hydrogen-bond donors (Lipinski definition) is 1. The van der Waals surface area contributed by atoms with Crippen molar-refractivity contribution in [2.24, 2.45) is 0 Å². The minimum Gasteiger partial charge on any atom is -0.497 e. The smallest absolute Gasteiger partial charge is 0.251 e. The van der Waals surface area contributed by atoms with Crippen molar-refractivity contribution in [2.45, 2.75) is 19.5 Å². The first kappa shape index (κ1) is 20.5. The molecular weight excluding hydrogens is 390 g/mol. The Hall–Kier alpha value is -3.80. The van der Waals surface area contributed by atoms with Crippen LogP contribution in [0.25, 0.3) is 11.0 Å². The molecular formula is C25H25N3O3. The van der Waals surface area contributed by atoms with Crippen LogP contribution >= 0.6 is 0 Å². The van der Waals surface area contributed by atoms with E-state index in [1.165, 1.54) is 0 Å². The standard InChI is InChI=1S/C25H25N3O3/c1-17(26-25(29)19-7-6-8-21(15-19)31-3)24-27-22-9-4-5-10-23(22)28(24)16-18-11-13-20(30-2)14-12-18/h4-15,17H,16H2,1-3H3,(H,26,29). The fraction of sp³-hybridized carbons (Fsp3) is 0.200. The average Bonchev–Trinajstić information content (AvgIpc) is 3.18. The van der Waals surface area contributed by atoms with Crippen molar-refractivity contribution in [3.8, 4) is 11.5 Å². The number of nitrogens with zero attached hydrogens (tertiary/aromatic N) is 2. The highest BCUT2D eigenvalue weighted by Gasteiger charge is 2.19. The van der Waals surface area contributed by atoms with Gasteiger partial charge in [0.15, 0.2) is 0 Å². The van der Waals surface area contributed by atoms with Crippen molar-refractivity contribution in [1.29, 1.82) is 0 Å². The number of carbonyl (C=O) groups is 1. The van der Waals surface area contributed by atoms with Crippen LogP contribution in [0.2, 0.25) is 0 Å². The van der Waals surface area contributed by atoms with Gasteiger partial charge in [-0.2, -0.15) is 0 Å². The quantitative estimate of drug-likeness (QED) is 0.479. The van der Waals surface area contributed by atoms with Gasteiger partial charge < -0.3 is 19.4 Å². The first-order valence-corrected chi connectivity index (χ1v) is 10.1. The molecule has 4 rings (SSSR count). The van der Waals surface area contributed by atoms with Crippen molar-refractivity contribution < 1.29 is 14.3 Å². The molecule has 6 heteroatoms. The van der Waals surface area contributed by atoms with Crippen LogP contribution in [-0.4, -0.2) is 29.7 Å². The number of methoxy groups -OCH3 is 2. The molecule has 0 radical (unpaired) electrons. The van der Waals surface area contributed by atoms with E-state index in [2.05, 4.69) is 9.88 Å². The average molecular weight is 415 g/mol. The summed E-state index contributed by atoms with van der Waals surface area (Å²) in [5.74, 6) is 2.09. The molecule has 0 aliphatic carbocycles. The highest BCUT2D eigenvalue weighted by Crippen LogP contribution is 2.24. The molecule has 0 spiro atoms. The Balaban J connectivity index is 1.64. The third-order valence-electron chi connectivity index (χ3n) is 5.25. The van der Waals surface area contributed by atoms with Crippen LogP contribution < -0.4 is 14.8 Å². The van der Waals surface area contributed by atoms with E-state index in [0.29, 0.717) is 17.9 Å². The van der Waals surface area contributed by atoms with Crippen LogP contribution in [-0.2, 0) is 6.54 Å². The normalized spacial score (nSPS) is 11.8. The molecule has 1 aromatic heterocycles. The second kappa shape index (κ2) is 8.92. The summed E-state index contributed by atoms with van der Waals surface area (Å²) in [6, 6.07) is 22.8. The van der Waals surface area contributed by atoms with Crippen LogP contribution in [0.1, 0.15) is 34.7 Å². The van der Waals surface area contributed by atoms with E-state index in [4.69, 9.17) is 14.5 Å². The Morgan fingerprint density at radius 2 is 1.71 bits per heavy atom. The van der Waals surface area contributed by atoms with E-state index in [0.717, 1.165) is 28.2 Å². The number of imidazole rings is 1. The lowest BCUT2D eigenvalue weighted by Gasteiger charge is -2.17. The van der Waals surface area contributed by atoms with Crippen molar-refractivity contribution in [1.82, 2.24) is 14.9 Å². The maximum absolute atomic E-state index is 12.8. The summed E-state index contributed by atoms with van der Waals surface area (Å²) < 4.78 is 12.6. The number of para-hydroxylation sites is 2. The van der Waals surface area contributed by atoms with Gasteiger partial charge in [-0.1, -0.05) is 30.3 Å². The Morgan fingerprint density at radius 1 is 0.968 bits per heavy atom. The summed E-state index contributed by atoms with van der Waals surface area (Å²) in [5.41, 5.74) is 3.59. The summed E-state index contributed by atoms with van der Waals surface area (Å²) in [6.45, 7) is 2.59. The lowest BCUT2D eigenvalue weighted by Crippen LogP contribution is -2.28. The third-order valence-corrected chi connectivity index (χ3v) is 5.25. The van der Waals surface area contributed by atoms with Gasteiger partial charge in [-0.25, -0.2) is 4.98 Å². The maximum atomic E-state index is 12.8. The van der Waals surface area contributed by atoms with Crippen molar-refractivity contribution >= 4 is 16.9 Å². The molecule has 6 nitrogen and oxygen atoms in total. The van der Waals surface area contributed by atoms with Gasteiger partial charge in [-0.15, -0.1) is 0 Å². The van der Waals surface area contributed by atoms with Crippen molar-refractivity contribution in [2.75, 3.05) is 14.2 Å². The molecule has 3 aromatic carbocycles. The summed E-state index contributed by atoms with van der Waals surface area (Å²) in [6.07, 6.45) is 0. The Kier molecular flexibility index (Phi) is 5.89. The second-order valence-electron chi connectivity index (χ2n) is 7.32. The molecule has 31 heavy (non-hydrogen) atoms. The molecule has 1 atom stereocenters. The summed E-state index contributed by atoms with van der Waals surface area (Å²) in [7, 11) is 3.24. The van der Waals surface area contributed by atoms with Gasteiger partial charge in [0.25, 0.3) is 5.91 Å². The summed E-state index contributed by atoms with van der Waals surface area (Å²) in [4.78, 5) is 17.7. The molecule has 1 heterocycles. The highest BCUT2D eigenvalue weighted by atomic mass is 16.5. The fourth-order valence-electron chi connectivity index (χ4n) is 3.61. The second-order valence-corrected chi connectivity index (χ2v) is 7.32. The predicted molar refractivity (Wildman–Crippen MR) is 121 cm³/mol. The van der Waals surface area contributed by atoms with Crippen LogP contribution in [0.4, 0.5) is 0 Å². The van der Waals surface area contributed by atoms with Crippen molar-refractivity contribution in [3.63, 3.8) is 0 Å². The number of nitrogens with one attached hydrogen (secondary N) is 1. The monoisotopic (exact) mass is 415 g/mol. The van der Waals surface area contributed by atoms with E-state index in [1.54, 1.807) is 32.4 Å². The Morgan fingerprint density at radius 3 is 2.45 bits per heavy atom. The zero-order valence-corrected chi connectivity index (χ0v) is 17.8. The molecule has 1 amide bonds. The number of aromatic nitrogens is 2. The van der Waals surface area contributed by atoms with Crippen LogP contribution in [0.3, 0.4) is 0 Å². The van der Waals surface area contributed by atoms with E-state index in [9.17, 15) is 4.79 Å². The number of amides is 1. The molecule has 1 N–H and O–H groups in total. The van der Waals surface area contributed by atoms with Crippen LogP contribution in [0, 0.1) is 0 Å². The van der Waals surface area contributed by atoms with Gasteiger partial charge in [0.1, 0.15) is 17.3 Å². The minimum atomic E-state index is -0.288. The van der Waals surface area contributed by atoms with Gasteiger partial charge in [0.05, 0.1) is 31.3 Å². The Labute approximate surface area is 181 Å². The lowest BCUT2D eigenvalue weighted by atomic mass is 10.1. The number of fused-ring (bicyclic) bond motifs is 1. The zero-order chi connectivity index (χ0) is 21.8. The van der Waals surface area contributed by atoms with Gasteiger partial charge >= 0.3 is 0 Å². The van der Waals surface area contributed by atoms with Crippen LogP contribution in [0.5, 0.6) is 11.5 Å². The summed E-state index contributed by atoms with van der Waals surface area (Å²) in [5, 5.41) is 3.07. The Bertz CT molecular complexity index is 1200. The van der Waals surface area contributed by atoms with E-state index in [-0.39, 0.29) is 11.9 Å². The largest absolute Gasteiger partial charge is 0.497 e. The number of rotatable bonds is 7. The van der Waals surface area contributed by atoms with E-state index >= 15 is 0 Å². The predicted octanol–water partition coefficient (Wildman–Crippen LogP) is 4.59. The fourth-order valence-corrected chi connectivity index (χ4v) is 3.61. The first-order valence-electron chi connectivity index (χ1n) is 10.1. The molecule has 0 aliphatic heterocycles. The van der Waals surface area contributed by atoms with E-state index in [1.807, 2.05) is 61.5 Å². The van der Waals surface area contributed by atoms with Gasteiger partial charge in [-0.05, 0) is 55.0 Å². The zero-order valence-electron chi connectivity index (χ0n) is 17.8. The maximum Gasteiger partial charge on any atom is 0.251 e. The van der Waals surface area contributed by atoms with E-state index < -0.39 is 0 Å². The molecule has 0 saturated carbocycles. The SMILES string of the molecule is COc1ccc(Cn2c(C(C)NC(=O)c3cccc(OC)c3)nc3ccccc32)cc1.